The number of methoxy groups -OCH3 is 1. The fourth-order valence-corrected chi connectivity index (χ4v) is 2.25. The second-order valence-corrected chi connectivity index (χ2v) is 5.06. The molecule has 2 rings (SSSR count). The molecule has 116 valence electrons. The Hall–Kier alpha value is -1.63. The highest BCUT2D eigenvalue weighted by Gasteiger charge is 2.37. The zero-order valence-corrected chi connectivity index (χ0v) is 12.3. The molecule has 0 bridgehead atoms. The highest BCUT2D eigenvalue weighted by atomic mass is 16.6. The van der Waals surface area contributed by atoms with Crippen molar-refractivity contribution in [3.05, 3.63) is 30.3 Å². The van der Waals surface area contributed by atoms with Crippen molar-refractivity contribution in [2.75, 3.05) is 46.6 Å². The highest BCUT2D eigenvalue weighted by molar-refractivity contribution is 5.78. The third-order valence-corrected chi connectivity index (χ3v) is 3.56. The van der Waals surface area contributed by atoms with Crippen LogP contribution >= 0.6 is 0 Å². The number of ether oxygens (including phenoxy) is 3. The van der Waals surface area contributed by atoms with Gasteiger partial charge in [0.1, 0.15) is 18.0 Å². The van der Waals surface area contributed by atoms with Gasteiger partial charge < -0.3 is 24.8 Å². The maximum Gasteiger partial charge on any atom is 0.236 e. The number of rotatable bonds is 5. The molecule has 1 aromatic carbocycles. The zero-order chi connectivity index (χ0) is 15.1. The van der Waals surface area contributed by atoms with Crippen molar-refractivity contribution in [1.82, 2.24) is 4.90 Å². The number of nitrogens with zero attached hydrogens (tertiary/aromatic N) is 1. The molecule has 0 aromatic heterocycles. The van der Waals surface area contributed by atoms with Gasteiger partial charge in [-0.05, 0) is 12.1 Å². The van der Waals surface area contributed by atoms with Crippen LogP contribution in [0.5, 0.6) is 5.75 Å². The van der Waals surface area contributed by atoms with Crippen LogP contribution in [0.25, 0.3) is 0 Å². The number of para-hydroxylation sites is 1. The first kappa shape index (κ1) is 15.8. The lowest BCUT2D eigenvalue weighted by atomic mass is 10.1. The second-order valence-electron chi connectivity index (χ2n) is 5.06. The first-order valence-corrected chi connectivity index (χ1v) is 6.98. The molecule has 1 heterocycles. The van der Waals surface area contributed by atoms with Crippen LogP contribution < -0.4 is 10.5 Å². The van der Waals surface area contributed by atoms with Gasteiger partial charge in [0.05, 0.1) is 26.3 Å². The van der Waals surface area contributed by atoms with Crippen LogP contribution in [0.15, 0.2) is 30.3 Å². The van der Waals surface area contributed by atoms with Crippen molar-refractivity contribution in [2.24, 2.45) is 5.73 Å². The molecule has 1 unspecified atom stereocenters. The van der Waals surface area contributed by atoms with E-state index >= 15 is 0 Å². The van der Waals surface area contributed by atoms with Crippen LogP contribution in [0.3, 0.4) is 0 Å². The predicted molar refractivity (Wildman–Crippen MR) is 78.1 cm³/mol. The molecule has 1 atom stereocenters. The Morgan fingerprint density at radius 2 is 2.19 bits per heavy atom. The van der Waals surface area contributed by atoms with Crippen molar-refractivity contribution >= 4 is 5.91 Å². The first-order chi connectivity index (χ1) is 10.2. The summed E-state index contributed by atoms with van der Waals surface area (Å²) in [6, 6.07) is 9.49. The van der Waals surface area contributed by atoms with Crippen molar-refractivity contribution in [1.29, 1.82) is 0 Å². The maximum absolute atomic E-state index is 11.8. The van der Waals surface area contributed by atoms with Gasteiger partial charge in [-0.15, -0.1) is 0 Å². The van der Waals surface area contributed by atoms with E-state index in [-0.39, 0.29) is 12.5 Å². The van der Waals surface area contributed by atoms with Crippen LogP contribution in [0.1, 0.15) is 0 Å². The first-order valence-electron chi connectivity index (χ1n) is 6.98. The van der Waals surface area contributed by atoms with Gasteiger partial charge >= 0.3 is 0 Å². The Balaban J connectivity index is 2.05. The SMILES string of the molecule is COC1(COc2ccccc2)COCCN(C(=O)CN)C1. The Morgan fingerprint density at radius 1 is 1.43 bits per heavy atom. The topological polar surface area (TPSA) is 74.0 Å². The normalized spacial score (nSPS) is 22.7. The number of hydrogen-bond acceptors (Lipinski definition) is 5. The Bertz CT molecular complexity index is 454. The average molecular weight is 294 g/mol. The number of benzene rings is 1. The molecule has 0 saturated carbocycles. The summed E-state index contributed by atoms with van der Waals surface area (Å²) in [7, 11) is 1.61. The van der Waals surface area contributed by atoms with Gasteiger partial charge in [0, 0.05) is 13.7 Å². The largest absolute Gasteiger partial charge is 0.490 e. The molecule has 2 N–H and O–H groups in total. The summed E-state index contributed by atoms with van der Waals surface area (Å²) < 4.78 is 17.0. The molecule has 1 saturated heterocycles. The minimum Gasteiger partial charge on any atom is -0.490 e. The van der Waals surface area contributed by atoms with E-state index in [1.54, 1.807) is 12.0 Å². The number of nitrogens with two attached hydrogens (primary N) is 1. The van der Waals surface area contributed by atoms with E-state index in [1.807, 2.05) is 30.3 Å². The fourth-order valence-electron chi connectivity index (χ4n) is 2.25. The van der Waals surface area contributed by atoms with Gasteiger partial charge in [-0.3, -0.25) is 4.79 Å². The number of carbonyl (C=O) groups excluding carboxylic acids is 1. The summed E-state index contributed by atoms with van der Waals surface area (Å²) in [6.45, 7) is 2.08. The molecular formula is C15H22N2O4. The van der Waals surface area contributed by atoms with Gasteiger partial charge in [-0.1, -0.05) is 18.2 Å². The molecule has 6 heteroatoms. The Labute approximate surface area is 124 Å². The summed E-state index contributed by atoms with van der Waals surface area (Å²) in [4.78, 5) is 13.5. The van der Waals surface area contributed by atoms with Crippen LogP contribution in [0.2, 0.25) is 0 Å². The minimum atomic E-state index is -0.683. The summed E-state index contributed by atoms with van der Waals surface area (Å²) in [5, 5.41) is 0. The van der Waals surface area contributed by atoms with Crippen molar-refractivity contribution in [2.45, 2.75) is 5.60 Å². The van der Waals surface area contributed by atoms with E-state index in [9.17, 15) is 4.79 Å². The van der Waals surface area contributed by atoms with Gasteiger partial charge in [0.15, 0.2) is 0 Å². The van der Waals surface area contributed by atoms with E-state index in [4.69, 9.17) is 19.9 Å². The molecule has 6 nitrogen and oxygen atoms in total. The average Bonchev–Trinajstić information content (AvgIpc) is 2.76. The van der Waals surface area contributed by atoms with Crippen LogP contribution in [-0.4, -0.2) is 63.0 Å². The minimum absolute atomic E-state index is 0.0145. The highest BCUT2D eigenvalue weighted by Crippen LogP contribution is 2.19. The molecule has 0 radical (unpaired) electrons. The smallest absolute Gasteiger partial charge is 0.236 e. The predicted octanol–water partition coefficient (Wildman–Crippen LogP) is 0.268. The molecule has 1 aliphatic rings. The third kappa shape index (κ3) is 4.17. The van der Waals surface area contributed by atoms with Gasteiger partial charge in [0.25, 0.3) is 0 Å². The zero-order valence-electron chi connectivity index (χ0n) is 12.3. The van der Waals surface area contributed by atoms with E-state index < -0.39 is 5.60 Å². The number of hydrogen-bond donors (Lipinski definition) is 1. The maximum atomic E-state index is 11.8. The Morgan fingerprint density at radius 3 is 2.86 bits per heavy atom. The van der Waals surface area contributed by atoms with E-state index in [1.165, 1.54) is 0 Å². The third-order valence-electron chi connectivity index (χ3n) is 3.56. The summed E-state index contributed by atoms with van der Waals surface area (Å²) in [5.41, 5.74) is 4.76. The lowest BCUT2D eigenvalue weighted by Crippen LogP contribution is -2.52. The quantitative estimate of drug-likeness (QED) is 0.843. The molecule has 0 spiro atoms. The monoisotopic (exact) mass is 294 g/mol. The molecule has 1 aromatic rings. The van der Waals surface area contributed by atoms with Crippen LogP contribution in [0.4, 0.5) is 0 Å². The van der Waals surface area contributed by atoms with Gasteiger partial charge in [-0.2, -0.15) is 0 Å². The number of amides is 1. The van der Waals surface area contributed by atoms with Gasteiger partial charge in [0.2, 0.25) is 5.91 Å². The summed E-state index contributed by atoms with van der Waals surface area (Å²) >= 11 is 0. The molecular weight excluding hydrogens is 272 g/mol. The molecule has 1 aliphatic heterocycles. The fraction of sp³-hybridized carbons (Fsp3) is 0.533. The molecule has 1 amide bonds. The van der Waals surface area contributed by atoms with E-state index in [0.717, 1.165) is 5.75 Å². The number of carbonyl (C=O) groups is 1. The second kappa shape index (κ2) is 7.40. The van der Waals surface area contributed by atoms with Gasteiger partial charge in [-0.25, -0.2) is 0 Å². The van der Waals surface area contributed by atoms with E-state index in [0.29, 0.717) is 32.9 Å². The molecule has 0 aliphatic carbocycles. The van der Waals surface area contributed by atoms with Crippen molar-refractivity contribution < 1.29 is 19.0 Å². The summed E-state index contributed by atoms with van der Waals surface area (Å²) in [6.07, 6.45) is 0. The summed E-state index contributed by atoms with van der Waals surface area (Å²) in [5.74, 6) is 0.650. The molecule has 21 heavy (non-hydrogen) atoms. The van der Waals surface area contributed by atoms with Crippen molar-refractivity contribution in [3.8, 4) is 5.75 Å². The van der Waals surface area contributed by atoms with E-state index in [2.05, 4.69) is 0 Å². The molecule has 1 fully saturated rings. The standard InChI is InChI=1S/C15H22N2O4/c1-19-15(12-21-13-5-3-2-4-6-13)10-17(14(18)9-16)7-8-20-11-15/h2-6H,7-12,16H2,1H3. The Kier molecular flexibility index (Phi) is 5.55. The lowest BCUT2D eigenvalue weighted by Gasteiger charge is -2.33. The van der Waals surface area contributed by atoms with Crippen molar-refractivity contribution in [3.63, 3.8) is 0 Å². The van der Waals surface area contributed by atoms with Crippen LogP contribution in [-0.2, 0) is 14.3 Å². The van der Waals surface area contributed by atoms with Crippen LogP contribution in [0, 0.1) is 0 Å². The lowest BCUT2D eigenvalue weighted by molar-refractivity contribution is -0.135.